The molecular formula is C15H20O2. The lowest BCUT2D eigenvalue weighted by Gasteiger charge is -2.39. The van der Waals surface area contributed by atoms with E-state index in [1.165, 1.54) is 12.7 Å². The minimum Gasteiger partial charge on any atom is -0.466 e. The molecule has 0 N–H and O–H groups in total. The monoisotopic (exact) mass is 232 g/mol. The van der Waals surface area contributed by atoms with E-state index in [0.29, 0.717) is 17.8 Å². The van der Waals surface area contributed by atoms with Crippen LogP contribution in [0.2, 0.25) is 0 Å². The van der Waals surface area contributed by atoms with Gasteiger partial charge in [0.25, 0.3) is 0 Å². The van der Waals surface area contributed by atoms with Gasteiger partial charge in [0, 0.05) is 5.57 Å². The SMILES string of the molecule is C=C[C@H]1CCC(=C)[C@@H]2CCC(C(=O)OC)=C[C@@H]12. The predicted octanol–water partition coefficient (Wildman–Crippen LogP) is 3.26. The quantitative estimate of drug-likeness (QED) is 0.539. The van der Waals surface area contributed by atoms with Gasteiger partial charge in [0.15, 0.2) is 0 Å². The van der Waals surface area contributed by atoms with Gasteiger partial charge < -0.3 is 4.74 Å². The molecule has 2 nitrogen and oxygen atoms in total. The van der Waals surface area contributed by atoms with Gasteiger partial charge in [0.1, 0.15) is 0 Å². The Balaban J connectivity index is 2.26. The molecule has 2 aliphatic carbocycles. The van der Waals surface area contributed by atoms with Crippen LogP contribution in [0.3, 0.4) is 0 Å². The first-order valence-electron chi connectivity index (χ1n) is 6.26. The minimum atomic E-state index is -0.178. The summed E-state index contributed by atoms with van der Waals surface area (Å²) >= 11 is 0. The number of methoxy groups -OCH3 is 1. The highest BCUT2D eigenvalue weighted by Gasteiger charge is 2.36. The van der Waals surface area contributed by atoms with Crippen molar-refractivity contribution < 1.29 is 9.53 Å². The molecule has 0 aromatic heterocycles. The van der Waals surface area contributed by atoms with Gasteiger partial charge in [-0.3, -0.25) is 0 Å². The Labute approximate surface area is 103 Å². The van der Waals surface area contributed by atoms with Gasteiger partial charge in [-0.15, -0.1) is 6.58 Å². The zero-order chi connectivity index (χ0) is 12.4. The largest absolute Gasteiger partial charge is 0.466 e. The molecule has 3 atom stereocenters. The van der Waals surface area contributed by atoms with Crippen LogP contribution in [0.25, 0.3) is 0 Å². The van der Waals surface area contributed by atoms with E-state index in [9.17, 15) is 4.79 Å². The summed E-state index contributed by atoms with van der Waals surface area (Å²) in [6.07, 6.45) is 8.18. The molecule has 0 radical (unpaired) electrons. The van der Waals surface area contributed by atoms with Crippen LogP contribution in [0.15, 0.2) is 36.5 Å². The Morgan fingerprint density at radius 1 is 1.47 bits per heavy atom. The van der Waals surface area contributed by atoms with Crippen LogP contribution in [0.5, 0.6) is 0 Å². The zero-order valence-electron chi connectivity index (χ0n) is 10.4. The van der Waals surface area contributed by atoms with Crippen LogP contribution in [-0.4, -0.2) is 13.1 Å². The molecule has 0 aromatic rings. The summed E-state index contributed by atoms with van der Waals surface area (Å²) in [6, 6.07) is 0. The number of rotatable bonds is 2. The Morgan fingerprint density at radius 3 is 2.88 bits per heavy atom. The molecule has 1 saturated carbocycles. The molecule has 0 saturated heterocycles. The van der Waals surface area contributed by atoms with Crippen molar-refractivity contribution in [3.63, 3.8) is 0 Å². The second-order valence-corrected chi connectivity index (χ2v) is 5.00. The van der Waals surface area contributed by atoms with Gasteiger partial charge in [-0.2, -0.15) is 0 Å². The normalized spacial score (nSPS) is 32.4. The summed E-state index contributed by atoms with van der Waals surface area (Å²) in [5, 5.41) is 0. The molecule has 0 aromatic carbocycles. The maximum atomic E-state index is 11.6. The predicted molar refractivity (Wildman–Crippen MR) is 68.4 cm³/mol. The fourth-order valence-electron chi connectivity index (χ4n) is 3.14. The number of fused-ring (bicyclic) bond motifs is 1. The van der Waals surface area contributed by atoms with Crippen LogP contribution >= 0.6 is 0 Å². The highest BCUT2D eigenvalue weighted by Crippen LogP contribution is 2.45. The van der Waals surface area contributed by atoms with E-state index < -0.39 is 0 Å². The Bertz CT molecular complexity index is 378. The standard InChI is InChI=1S/C15H20O2/c1-4-11-6-5-10(2)13-8-7-12(9-14(11)13)15(16)17-3/h4,9,11,13-14H,1-2,5-8H2,3H3/t11-,13-,14-/m0/s1. The van der Waals surface area contributed by atoms with Crippen molar-refractivity contribution in [1.29, 1.82) is 0 Å². The molecule has 2 rings (SSSR count). The molecule has 0 aliphatic heterocycles. The van der Waals surface area contributed by atoms with Crippen LogP contribution in [0.4, 0.5) is 0 Å². The maximum Gasteiger partial charge on any atom is 0.333 e. The van der Waals surface area contributed by atoms with E-state index in [-0.39, 0.29) is 5.97 Å². The van der Waals surface area contributed by atoms with E-state index in [4.69, 9.17) is 4.74 Å². The molecule has 0 unspecified atom stereocenters. The smallest absolute Gasteiger partial charge is 0.333 e. The van der Waals surface area contributed by atoms with Gasteiger partial charge in [-0.1, -0.05) is 24.3 Å². The first kappa shape index (κ1) is 12.2. The second kappa shape index (κ2) is 4.91. The Kier molecular flexibility index (Phi) is 3.51. The third kappa shape index (κ3) is 2.21. The fraction of sp³-hybridized carbons (Fsp3) is 0.533. The molecule has 17 heavy (non-hydrogen) atoms. The third-order valence-electron chi connectivity index (χ3n) is 4.15. The Morgan fingerprint density at radius 2 is 2.24 bits per heavy atom. The molecule has 0 bridgehead atoms. The molecular weight excluding hydrogens is 212 g/mol. The van der Waals surface area contributed by atoms with Crippen LogP contribution in [0, 0.1) is 17.8 Å². The van der Waals surface area contributed by atoms with Crippen molar-refractivity contribution in [2.75, 3.05) is 7.11 Å². The highest BCUT2D eigenvalue weighted by molar-refractivity contribution is 5.88. The van der Waals surface area contributed by atoms with E-state index >= 15 is 0 Å². The number of allylic oxidation sites excluding steroid dienone is 3. The first-order valence-corrected chi connectivity index (χ1v) is 6.26. The average Bonchev–Trinajstić information content (AvgIpc) is 2.38. The average molecular weight is 232 g/mol. The molecule has 0 amide bonds. The summed E-state index contributed by atoms with van der Waals surface area (Å²) < 4.78 is 4.81. The van der Waals surface area contributed by atoms with Crippen molar-refractivity contribution in [1.82, 2.24) is 0 Å². The number of hydrogen-bond donors (Lipinski definition) is 0. The van der Waals surface area contributed by atoms with Crippen molar-refractivity contribution >= 4 is 5.97 Å². The molecule has 1 fully saturated rings. The number of hydrogen-bond acceptors (Lipinski definition) is 2. The van der Waals surface area contributed by atoms with Gasteiger partial charge in [0.2, 0.25) is 0 Å². The second-order valence-electron chi connectivity index (χ2n) is 5.00. The van der Waals surface area contributed by atoms with Crippen molar-refractivity contribution in [3.8, 4) is 0 Å². The number of esters is 1. The Hall–Kier alpha value is -1.31. The van der Waals surface area contributed by atoms with Crippen molar-refractivity contribution in [2.45, 2.75) is 25.7 Å². The van der Waals surface area contributed by atoms with Crippen LogP contribution in [-0.2, 0) is 9.53 Å². The van der Waals surface area contributed by atoms with Crippen molar-refractivity contribution in [2.24, 2.45) is 17.8 Å². The van der Waals surface area contributed by atoms with E-state index in [1.807, 2.05) is 6.08 Å². The summed E-state index contributed by atoms with van der Waals surface area (Å²) in [4.78, 5) is 11.6. The lowest BCUT2D eigenvalue weighted by Crippen LogP contribution is -2.31. The third-order valence-corrected chi connectivity index (χ3v) is 4.15. The topological polar surface area (TPSA) is 26.3 Å². The maximum absolute atomic E-state index is 11.6. The minimum absolute atomic E-state index is 0.178. The summed E-state index contributed by atoms with van der Waals surface area (Å²) in [5.74, 6) is 1.23. The van der Waals surface area contributed by atoms with E-state index in [1.54, 1.807) is 0 Å². The molecule has 0 spiro atoms. The van der Waals surface area contributed by atoms with Gasteiger partial charge in [0.05, 0.1) is 7.11 Å². The van der Waals surface area contributed by atoms with E-state index in [0.717, 1.165) is 31.3 Å². The number of carbonyl (C=O) groups is 1. The molecule has 92 valence electrons. The van der Waals surface area contributed by atoms with Gasteiger partial charge >= 0.3 is 5.97 Å². The van der Waals surface area contributed by atoms with Crippen molar-refractivity contribution in [3.05, 3.63) is 36.5 Å². The zero-order valence-corrected chi connectivity index (χ0v) is 10.4. The summed E-state index contributed by atoms with van der Waals surface area (Å²) in [5.41, 5.74) is 2.17. The fourth-order valence-corrected chi connectivity index (χ4v) is 3.14. The lowest BCUT2D eigenvalue weighted by atomic mass is 9.65. The van der Waals surface area contributed by atoms with Crippen LogP contribution in [0.1, 0.15) is 25.7 Å². The summed E-state index contributed by atoms with van der Waals surface area (Å²) in [7, 11) is 1.44. The summed E-state index contributed by atoms with van der Waals surface area (Å²) in [6.45, 7) is 8.09. The molecule has 2 heteroatoms. The van der Waals surface area contributed by atoms with Crippen LogP contribution < -0.4 is 0 Å². The number of carbonyl (C=O) groups excluding carboxylic acids is 1. The van der Waals surface area contributed by atoms with Gasteiger partial charge in [-0.25, -0.2) is 4.79 Å². The highest BCUT2D eigenvalue weighted by atomic mass is 16.5. The molecule has 2 aliphatic rings. The first-order chi connectivity index (χ1) is 8.17. The number of ether oxygens (including phenoxy) is 1. The lowest BCUT2D eigenvalue weighted by molar-refractivity contribution is -0.136. The van der Waals surface area contributed by atoms with Gasteiger partial charge in [-0.05, 0) is 43.4 Å². The molecule has 0 heterocycles. The van der Waals surface area contributed by atoms with E-state index in [2.05, 4.69) is 19.2 Å².